The summed E-state index contributed by atoms with van der Waals surface area (Å²) < 4.78 is 1.86. The molecule has 3 aromatic rings. The fourth-order valence-corrected chi connectivity index (χ4v) is 2.93. The molecule has 0 saturated heterocycles. The number of H-pyrrole nitrogens is 1. The summed E-state index contributed by atoms with van der Waals surface area (Å²) in [6.07, 6.45) is 3.79. The van der Waals surface area contributed by atoms with Crippen LogP contribution in [0.25, 0.3) is 22.5 Å². The SMILES string of the molecule is CCn1cc(-c2cc([NH2+]OC)cc(-c3nc(SCC(=O)O)n[nH]3)c2)cn1. The molecule has 136 valence electrons. The van der Waals surface area contributed by atoms with E-state index in [1.165, 1.54) is 0 Å². The highest BCUT2D eigenvalue weighted by Gasteiger charge is 2.13. The Morgan fingerprint density at radius 2 is 2.15 bits per heavy atom. The lowest BCUT2D eigenvalue weighted by Gasteiger charge is -2.04. The number of hydrogen-bond donors (Lipinski definition) is 3. The fourth-order valence-electron chi connectivity index (χ4n) is 2.41. The van der Waals surface area contributed by atoms with Crippen molar-refractivity contribution >= 4 is 23.4 Å². The van der Waals surface area contributed by atoms with Crippen molar-refractivity contribution in [3.8, 4) is 22.5 Å². The number of rotatable bonds is 8. The number of quaternary nitrogens is 1. The molecule has 3 rings (SSSR count). The predicted octanol–water partition coefficient (Wildman–Crippen LogP) is 1.29. The number of carbonyl (C=O) groups is 1. The maximum absolute atomic E-state index is 10.7. The van der Waals surface area contributed by atoms with Crippen molar-refractivity contribution in [2.24, 2.45) is 0 Å². The van der Waals surface area contributed by atoms with E-state index in [1.54, 1.807) is 12.6 Å². The summed E-state index contributed by atoms with van der Waals surface area (Å²) in [6, 6.07) is 5.90. The predicted molar refractivity (Wildman–Crippen MR) is 95.7 cm³/mol. The first-order valence-electron chi connectivity index (χ1n) is 7.90. The van der Waals surface area contributed by atoms with Crippen LogP contribution in [0, 0.1) is 0 Å². The molecule has 0 aliphatic carbocycles. The minimum Gasteiger partial charge on any atom is -0.481 e. The van der Waals surface area contributed by atoms with Crippen molar-refractivity contribution in [3.63, 3.8) is 0 Å². The summed E-state index contributed by atoms with van der Waals surface area (Å²) in [5, 5.41) is 20.4. The topological polar surface area (TPSA) is 123 Å². The molecule has 0 radical (unpaired) electrons. The molecule has 0 saturated carbocycles. The highest BCUT2D eigenvalue weighted by atomic mass is 32.2. The van der Waals surface area contributed by atoms with Crippen LogP contribution in [0.2, 0.25) is 0 Å². The molecular formula is C16H19N6O3S+. The molecule has 2 aromatic heterocycles. The molecule has 0 atom stereocenters. The summed E-state index contributed by atoms with van der Waals surface area (Å²) in [5.74, 6) is -0.433. The third-order valence-corrected chi connectivity index (χ3v) is 4.39. The van der Waals surface area contributed by atoms with Gasteiger partial charge in [-0.25, -0.2) is 9.82 Å². The normalized spacial score (nSPS) is 11.0. The van der Waals surface area contributed by atoms with E-state index in [2.05, 4.69) is 20.3 Å². The molecule has 1 aromatic carbocycles. The van der Waals surface area contributed by atoms with E-state index < -0.39 is 5.97 Å². The number of nitrogens with two attached hydrogens (primary N) is 1. The third kappa shape index (κ3) is 4.28. The Morgan fingerprint density at radius 3 is 2.85 bits per heavy atom. The van der Waals surface area contributed by atoms with Crippen molar-refractivity contribution in [1.29, 1.82) is 0 Å². The molecule has 0 amide bonds. The van der Waals surface area contributed by atoms with E-state index >= 15 is 0 Å². The molecule has 0 unspecified atom stereocenters. The van der Waals surface area contributed by atoms with Crippen LogP contribution in [0.1, 0.15) is 6.92 Å². The van der Waals surface area contributed by atoms with Gasteiger partial charge in [0.2, 0.25) is 5.16 Å². The number of hydrogen-bond acceptors (Lipinski definition) is 6. The Hall–Kier alpha value is -2.69. The van der Waals surface area contributed by atoms with Gasteiger partial charge in [0.05, 0.1) is 19.1 Å². The number of nitrogens with one attached hydrogen (secondary N) is 1. The van der Waals surface area contributed by atoms with Crippen molar-refractivity contribution in [3.05, 3.63) is 30.6 Å². The van der Waals surface area contributed by atoms with E-state index in [-0.39, 0.29) is 5.75 Å². The van der Waals surface area contributed by atoms with Crippen LogP contribution in [0.4, 0.5) is 5.69 Å². The summed E-state index contributed by atoms with van der Waals surface area (Å²) in [6.45, 7) is 2.82. The third-order valence-electron chi connectivity index (χ3n) is 3.56. The zero-order valence-corrected chi connectivity index (χ0v) is 15.2. The number of carboxylic acids is 1. The average Bonchev–Trinajstić information content (AvgIpc) is 3.29. The van der Waals surface area contributed by atoms with Crippen LogP contribution in [0.15, 0.2) is 35.7 Å². The van der Waals surface area contributed by atoms with Gasteiger partial charge in [-0.15, -0.1) is 5.10 Å². The molecule has 9 nitrogen and oxygen atoms in total. The number of aryl methyl sites for hydroxylation is 1. The number of nitrogens with zero attached hydrogens (tertiary/aromatic N) is 4. The fraction of sp³-hybridized carbons (Fsp3) is 0.250. The van der Waals surface area contributed by atoms with Gasteiger partial charge in [0, 0.05) is 36.0 Å². The quantitative estimate of drug-likeness (QED) is 0.308. The smallest absolute Gasteiger partial charge is 0.313 e. The van der Waals surface area contributed by atoms with Crippen LogP contribution < -0.4 is 5.48 Å². The Kier molecular flexibility index (Phi) is 5.66. The summed E-state index contributed by atoms with van der Waals surface area (Å²) in [5.41, 5.74) is 5.31. The van der Waals surface area contributed by atoms with Gasteiger partial charge in [0.25, 0.3) is 0 Å². The standard InChI is InChI=1S/C16H18N6O3S/c1-3-22-8-12(7-17-22)10-4-11(6-13(5-10)21-25-2)15-18-16(20-19-15)26-9-14(23)24/h4-8,21H,3,9H2,1-2H3,(H,23,24)(H,18,19,20)/p+1. The minimum atomic E-state index is -0.909. The highest BCUT2D eigenvalue weighted by Crippen LogP contribution is 2.28. The molecule has 26 heavy (non-hydrogen) atoms. The van der Waals surface area contributed by atoms with Gasteiger partial charge in [-0.2, -0.15) is 10.6 Å². The zero-order chi connectivity index (χ0) is 18.5. The van der Waals surface area contributed by atoms with Gasteiger partial charge in [0.15, 0.2) is 11.5 Å². The maximum atomic E-state index is 10.7. The van der Waals surface area contributed by atoms with E-state index in [9.17, 15) is 4.79 Å². The number of aliphatic carboxylic acids is 1. The molecule has 0 spiro atoms. The summed E-state index contributed by atoms with van der Waals surface area (Å²) >= 11 is 1.07. The minimum absolute atomic E-state index is 0.0871. The van der Waals surface area contributed by atoms with Crippen LogP contribution >= 0.6 is 11.8 Å². The molecular weight excluding hydrogens is 356 g/mol. The van der Waals surface area contributed by atoms with Gasteiger partial charge in [-0.3, -0.25) is 14.6 Å². The second-order valence-corrected chi connectivity index (χ2v) is 6.37. The van der Waals surface area contributed by atoms with E-state index in [0.717, 1.165) is 40.7 Å². The highest BCUT2D eigenvalue weighted by molar-refractivity contribution is 7.99. The molecule has 0 fully saturated rings. The number of aromatic amines is 1. The maximum Gasteiger partial charge on any atom is 0.313 e. The lowest BCUT2D eigenvalue weighted by Crippen LogP contribution is -2.75. The van der Waals surface area contributed by atoms with Crippen molar-refractivity contribution in [1.82, 2.24) is 25.0 Å². The molecule has 0 aliphatic heterocycles. The van der Waals surface area contributed by atoms with Gasteiger partial charge >= 0.3 is 5.97 Å². The van der Waals surface area contributed by atoms with Crippen LogP contribution in [-0.4, -0.2) is 48.9 Å². The van der Waals surface area contributed by atoms with Gasteiger partial charge in [-0.1, -0.05) is 11.8 Å². The van der Waals surface area contributed by atoms with Gasteiger partial charge < -0.3 is 5.11 Å². The first-order valence-corrected chi connectivity index (χ1v) is 8.89. The second-order valence-electron chi connectivity index (χ2n) is 5.43. The summed E-state index contributed by atoms with van der Waals surface area (Å²) in [4.78, 5) is 20.2. The van der Waals surface area contributed by atoms with Crippen LogP contribution in [0.5, 0.6) is 0 Å². The number of carboxylic acid groups (broad SMARTS) is 1. The van der Waals surface area contributed by atoms with Crippen molar-refractivity contribution in [2.45, 2.75) is 18.6 Å². The van der Waals surface area contributed by atoms with Crippen LogP contribution in [-0.2, 0) is 16.2 Å². The first-order chi connectivity index (χ1) is 12.6. The number of aromatic nitrogens is 5. The Balaban J connectivity index is 1.94. The van der Waals surface area contributed by atoms with Crippen molar-refractivity contribution < 1.29 is 20.2 Å². The van der Waals surface area contributed by atoms with Crippen molar-refractivity contribution in [2.75, 3.05) is 12.9 Å². The van der Waals surface area contributed by atoms with E-state index in [4.69, 9.17) is 9.94 Å². The molecule has 0 bridgehead atoms. The molecule has 10 heteroatoms. The number of benzene rings is 1. The van der Waals surface area contributed by atoms with E-state index in [0.29, 0.717) is 11.0 Å². The lowest BCUT2D eigenvalue weighted by atomic mass is 10.0. The Bertz CT molecular complexity index is 907. The first kappa shape index (κ1) is 18.1. The molecule has 4 N–H and O–H groups in total. The molecule has 0 aliphatic rings. The number of thioether (sulfide) groups is 1. The van der Waals surface area contributed by atoms with Crippen LogP contribution in [0.3, 0.4) is 0 Å². The monoisotopic (exact) mass is 375 g/mol. The summed E-state index contributed by atoms with van der Waals surface area (Å²) in [7, 11) is 1.59. The Morgan fingerprint density at radius 1 is 1.35 bits per heavy atom. The van der Waals surface area contributed by atoms with Gasteiger partial charge in [-0.05, 0) is 18.6 Å². The zero-order valence-electron chi connectivity index (χ0n) is 14.3. The molecule has 2 heterocycles. The largest absolute Gasteiger partial charge is 0.481 e. The lowest BCUT2D eigenvalue weighted by molar-refractivity contribution is -0.830. The van der Waals surface area contributed by atoms with Gasteiger partial charge in [0.1, 0.15) is 0 Å². The second kappa shape index (κ2) is 8.13. The van der Waals surface area contributed by atoms with E-state index in [1.807, 2.05) is 42.2 Å². The average molecular weight is 375 g/mol. The Labute approximate surface area is 153 Å².